The van der Waals surface area contributed by atoms with Crippen LogP contribution in [0.15, 0.2) is 54.7 Å². The van der Waals surface area contributed by atoms with Crippen molar-refractivity contribution >= 4 is 21.9 Å². The number of nitrogens with zero attached hydrogens (tertiary/aromatic N) is 2. The van der Waals surface area contributed by atoms with Crippen molar-refractivity contribution in [1.82, 2.24) is 14.8 Å². The Balaban J connectivity index is 2.10. The summed E-state index contributed by atoms with van der Waals surface area (Å²) in [5.74, 6) is -0.263. The van der Waals surface area contributed by atoms with E-state index in [4.69, 9.17) is 0 Å². The van der Waals surface area contributed by atoms with Crippen LogP contribution in [0.2, 0.25) is 0 Å². The molecule has 0 unspecified atom stereocenters. The topological polar surface area (TPSA) is 33.6 Å². The van der Waals surface area contributed by atoms with Gasteiger partial charge in [0.2, 0.25) is 0 Å². The van der Waals surface area contributed by atoms with Gasteiger partial charge >= 0.3 is 0 Å². The zero-order valence-electron chi connectivity index (χ0n) is 9.97. The zero-order valence-corrected chi connectivity index (χ0v) is 9.97. The number of para-hydroxylation sites is 1. The molecule has 0 bridgehead atoms. The first-order valence-electron chi connectivity index (χ1n) is 6.03. The highest BCUT2D eigenvalue weighted by molar-refractivity contribution is 6.05. The number of aromatic nitrogens is 3. The van der Waals surface area contributed by atoms with Crippen molar-refractivity contribution in [3.63, 3.8) is 0 Å². The van der Waals surface area contributed by atoms with E-state index in [1.54, 1.807) is 16.9 Å². The van der Waals surface area contributed by atoms with Crippen LogP contribution < -0.4 is 0 Å². The van der Waals surface area contributed by atoms with Crippen molar-refractivity contribution < 1.29 is 4.39 Å². The van der Waals surface area contributed by atoms with Crippen LogP contribution in [0.3, 0.4) is 0 Å². The van der Waals surface area contributed by atoms with Gasteiger partial charge < -0.3 is 4.98 Å². The van der Waals surface area contributed by atoms with E-state index in [-0.39, 0.29) is 5.82 Å². The lowest BCUT2D eigenvalue weighted by molar-refractivity contribution is 0.626. The molecule has 2 heterocycles. The Bertz CT molecular complexity index is 889. The maximum Gasteiger partial charge on any atom is 0.125 e. The van der Waals surface area contributed by atoms with Gasteiger partial charge in [0.25, 0.3) is 0 Å². The van der Waals surface area contributed by atoms with Gasteiger partial charge in [-0.2, -0.15) is 5.10 Å². The molecule has 0 spiro atoms. The average molecular weight is 251 g/mol. The predicted octanol–water partition coefficient (Wildman–Crippen LogP) is 3.65. The summed E-state index contributed by atoms with van der Waals surface area (Å²) in [6.07, 6.45) is 1.76. The minimum atomic E-state index is -0.263. The summed E-state index contributed by atoms with van der Waals surface area (Å²) < 4.78 is 15.1. The third kappa shape index (κ3) is 1.46. The van der Waals surface area contributed by atoms with Crippen molar-refractivity contribution in [1.29, 1.82) is 0 Å². The third-order valence-electron chi connectivity index (χ3n) is 3.27. The van der Waals surface area contributed by atoms with Gasteiger partial charge in [-0.15, -0.1) is 0 Å². The summed E-state index contributed by atoms with van der Waals surface area (Å²) in [5, 5.41) is 5.42. The summed E-state index contributed by atoms with van der Waals surface area (Å²) in [4.78, 5) is 3.31. The molecule has 0 aliphatic carbocycles. The van der Waals surface area contributed by atoms with Gasteiger partial charge in [-0.05, 0) is 24.3 Å². The average Bonchev–Trinajstić information content (AvgIpc) is 2.97. The smallest absolute Gasteiger partial charge is 0.125 e. The summed E-state index contributed by atoms with van der Waals surface area (Å²) >= 11 is 0. The maximum atomic E-state index is 13.4. The Morgan fingerprint density at radius 2 is 1.89 bits per heavy atom. The second kappa shape index (κ2) is 3.68. The first-order chi connectivity index (χ1) is 9.33. The number of halogens is 1. The molecule has 4 rings (SSSR count). The van der Waals surface area contributed by atoms with Gasteiger partial charge in [-0.3, -0.25) is 0 Å². The van der Waals surface area contributed by atoms with E-state index < -0.39 is 0 Å². The molecule has 0 radical (unpaired) electrons. The summed E-state index contributed by atoms with van der Waals surface area (Å²) in [5.41, 5.74) is 3.70. The highest BCUT2D eigenvalue weighted by Gasteiger charge is 2.11. The molecule has 19 heavy (non-hydrogen) atoms. The van der Waals surface area contributed by atoms with Gasteiger partial charge in [0.15, 0.2) is 0 Å². The van der Waals surface area contributed by atoms with E-state index >= 15 is 0 Å². The van der Waals surface area contributed by atoms with Gasteiger partial charge in [0.05, 0.1) is 22.9 Å². The molecule has 1 N–H and O–H groups in total. The molecular weight excluding hydrogens is 241 g/mol. The predicted molar refractivity (Wildman–Crippen MR) is 72.9 cm³/mol. The molecule has 0 atom stereocenters. The molecule has 0 fully saturated rings. The van der Waals surface area contributed by atoms with Crippen LogP contribution in [0, 0.1) is 5.82 Å². The molecule has 0 saturated carbocycles. The quantitative estimate of drug-likeness (QED) is 0.550. The van der Waals surface area contributed by atoms with Crippen LogP contribution >= 0.6 is 0 Å². The monoisotopic (exact) mass is 251 g/mol. The van der Waals surface area contributed by atoms with Crippen molar-refractivity contribution in [3.05, 3.63) is 60.5 Å². The number of nitrogens with one attached hydrogen (secondary N) is 1. The van der Waals surface area contributed by atoms with E-state index in [2.05, 4.69) is 10.1 Å². The lowest BCUT2D eigenvalue weighted by Gasteiger charge is -2.02. The lowest BCUT2D eigenvalue weighted by Crippen LogP contribution is -1.96. The van der Waals surface area contributed by atoms with E-state index in [9.17, 15) is 4.39 Å². The largest absolute Gasteiger partial charge is 0.352 e. The van der Waals surface area contributed by atoms with Crippen LogP contribution in [0.4, 0.5) is 4.39 Å². The van der Waals surface area contributed by atoms with E-state index in [1.807, 2.05) is 30.3 Å². The van der Waals surface area contributed by atoms with Gasteiger partial charge in [0.1, 0.15) is 5.82 Å². The number of fused-ring (bicyclic) bond motifs is 3. The van der Waals surface area contributed by atoms with Crippen molar-refractivity contribution in [2.75, 3.05) is 0 Å². The summed E-state index contributed by atoms with van der Waals surface area (Å²) in [6, 6.07) is 14.5. The van der Waals surface area contributed by atoms with Crippen LogP contribution in [0.1, 0.15) is 0 Å². The summed E-state index contributed by atoms with van der Waals surface area (Å²) in [7, 11) is 0. The van der Waals surface area contributed by atoms with Crippen LogP contribution in [0.5, 0.6) is 0 Å². The molecule has 2 aromatic carbocycles. The summed E-state index contributed by atoms with van der Waals surface area (Å²) in [6.45, 7) is 0. The van der Waals surface area contributed by atoms with Gasteiger partial charge in [0, 0.05) is 10.9 Å². The minimum absolute atomic E-state index is 0.263. The van der Waals surface area contributed by atoms with Crippen molar-refractivity contribution in [2.24, 2.45) is 0 Å². The minimum Gasteiger partial charge on any atom is -0.352 e. The number of benzene rings is 2. The van der Waals surface area contributed by atoms with Crippen molar-refractivity contribution in [3.8, 4) is 5.69 Å². The van der Waals surface area contributed by atoms with E-state index in [0.717, 1.165) is 27.6 Å². The third-order valence-corrected chi connectivity index (χ3v) is 3.27. The van der Waals surface area contributed by atoms with Gasteiger partial charge in [-0.25, -0.2) is 9.07 Å². The first kappa shape index (κ1) is 10.3. The molecule has 4 aromatic rings. The number of hydrogen-bond acceptors (Lipinski definition) is 1. The van der Waals surface area contributed by atoms with Crippen LogP contribution in [0.25, 0.3) is 27.6 Å². The molecule has 0 aliphatic rings. The van der Waals surface area contributed by atoms with E-state index in [0.29, 0.717) is 0 Å². The Morgan fingerprint density at radius 3 is 2.79 bits per heavy atom. The normalized spacial score (nSPS) is 11.4. The van der Waals surface area contributed by atoms with Crippen molar-refractivity contribution in [2.45, 2.75) is 0 Å². The zero-order chi connectivity index (χ0) is 12.8. The second-order valence-electron chi connectivity index (χ2n) is 4.47. The fourth-order valence-electron chi connectivity index (χ4n) is 2.45. The molecule has 3 nitrogen and oxygen atoms in total. The fraction of sp³-hybridized carbons (Fsp3) is 0. The fourth-order valence-corrected chi connectivity index (χ4v) is 2.45. The number of hydrogen-bond donors (Lipinski definition) is 1. The SMILES string of the molecule is Fc1cccc(-n2ncc3[nH]c4ccccc4c32)c1. The Hall–Kier alpha value is -2.62. The Labute approximate surface area is 108 Å². The van der Waals surface area contributed by atoms with Crippen LogP contribution in [-0.2, 0) is 0 Å². The molecule has 2 aromatic heterocycles. The number of H-pyrrole nitrogens is 1. The Morgan fingerprint density at radius 1 is 1.00 bits per heavy atom. The van der Waals surface area contributed by atoms with Crippen LogP contribution in [-0.4, -0.2) is 14.8 Å². The van der Waals surface area contributed by atoms with E-state index in [1.165, 1.54) is 12.1 Å². The first-order valence-corrected chi connectivity index (χ1v) is 6.03. The Kier molecular flexibility index (Phi) is 2.00. The molecule has 4 heteroatoms. The molecule has 92 valence electrons. The molecule has 0 saturated heterocycles. The van der Waals surface area contributed by atoms with Gasteiger partial charge in [-0.1, -0.05) is 24.3 Å². The molecule has 0 aliphatic heterocycles. The standard InChI is InChI=1S/C15H10FN3/c16-10-4-3-5-11(8-10)19-15-12-6-1-2-7-13(12)18-14(15)9-17-19/h1-9,18H. The number of aromatic amines is 1. The highest BCUT2D eigenvalue weighted by Crippen LogP contribution is 2.27. The molecular formula is C15H10FN3. The second-order valence-corrected chi connectivity index (χ2v) is 4.47. The lowest BCUT2D eigenvalue weighted by atomic mass is 10.2. The molecule has 0 amide bonds. The number of rotatable bonds is 1. The highest BCUT2D eigenvalue weighted by atomic mass is 19.1. The maximum absolute atomic E-state index is 13.4.